The van der Waals surface area contributed by atoms with Crippen LogP contribution in [-0.4, -0.2) is 35.2 Å². The maximum atomic E-state index is 6.26. The minimum atomic E-state index is -0.494. The van der Waals surface area contributed by atoms with Crippen molar-refractivity contribution in [1.82, 2.24) is 15.2 Å². The van der Waals surface area contributed by atoms with Gasteiger partial charge in [-0.3, -0.25) is 0 Å². The van der Waals surface area contributed by atoms with E-state index in [9.17, 15) is 0 Å². The lowest BCUT2D eigenvalue weighted by molar-refractivity contribution is 0.224. The fourth-order valence-electron chi connectivity index (χ4n) is 3.01. The van der Waals surface area contributed by atoms with E-state index in [4.69, 9.17) is 14.2 Å². The summed E-state index contributed by atoms with van der Waals surface area (Å²) in [6, 6.07) is 13.5. The van der Waals surface area contributed by atoms with Crippen molar-refractivity contribution in [2.45, 2.75) is 11.4 Å². The topological polar surface area (TPSA) is 78.4 Å². The average molecular weight is 408 g/mol. The Morgan fingerprint density at radius 3 is 2.76 bits per heavy atom. The molecule has 148 valence electrons. The minimum Gasteiger partial charge on any atom is -0.493 e. The van der Waals surface area contributed by atoms with Gasteiger partial charge in [0.1, 0.15) is 0 Å². The SMILES string of the molecule is C=CCSc1nnc2c(n1)O[C@H](c1ccc(OC)c(OC)c1)Nc1ccccc1-2. The number of ether oxygens (including phenoxy) is 3. The second-order valence-corrected chi connectivity index (χ2v) is 7.14. The minimum absolute atomic E-state index is 0.420. The molecule has 29 heavy (non-hydrogen) atoms. The third kappa shape index (κ3) is 3.84. The highest BCUT2D eigenvalue weighted by atomic mass is 32.2. The lowest BCUT2D eigenvalue weighted by Gasteiger charge is -2.20. The van der Waals surface area contributed by atoms with Crippen molar-refractivity contribution in [2.75, 3.05) is 25.3 Å². The van der Waals surface area contributed by atoms with Gasteiger partial charge < -0.3 is 19.5 Å². The standard InChI is InChI=1S/C21H20N4O3S/c1-4-11-29-21-23-20-18(24-25-21)14-7-5-6-8-15(14)22-19(28-20)13-9-10-16(26-2)17(12-13)27-3/h4-10,12,19,22H,1,11H2,2-3H3/t19-/m1/s1. The summed E-state index contributed by atoms with van der Waals surface area (Å²) in [6.45, 7) is 3.73. The third-order valence-corrected chi connectivity index (χ3v) is 5.21. The number of hydrogen-bond donors (Lipinski definition) is 1. The molecular formula is C21H20N4O3S. The van der Waals surface area contributed by atoms with Gasteiger partial charge in [0, 0.05) is 22.6 Å². The van der Waals surface area contributed by atoms with E-state index in [1.165, 1.54) is 11.8 Å². The first-order valence-corrected chi connectivity index (χ1v) is 9.95. The van der Waals surface area contributed by atoms with Gasteiger partial charge in [0.05, 0.1) is 14.2 Å². The summed E-state index contributed by atoms with van der Waals surface area (Å²) in [6.07, 6.45) is 1.30. The lowest BCUT2D eigenvalue weighted by Crippen LogP contribution is -2.17. The number of nitrogens with one attached hydrogen (secondary N) is 1. The molecule has 8 heteroatoms. The predicted octanol–water partition coefficient (Wildman–Crippen LogP) is 4.34. The van der Waals surface area contributed by atoms with Gasteiger partial charge in [0.25, 0.3) is 0 Å². The molecule has 7 nitrogen and oxygen atoms in total. The molecule has 1 aliphatic rings. The highest BCUT2D eigenvalue weighted by molar-refractivity contribution is 7.99. The largest absolute Gasteiger partial charge is 0.493 e. The van der Waals surface area contributed by atoms with Crippen molar-refractivity contribution in [3.8, 4) is 28.6 Å². The molecule has 0 unspecified atom stereocenters. The Bertz CT molecular complexity index is 1040. The molecule has 0 saturated carbocycles. The van der Waals surface area contributed by atoms with Crippen LogP contribution in [0.1, 0.15) is 11.8 Å². The lowest BCUT2D eigenvalue weighted by atomic mass is 10.1. The molecule has 1 aliphatic heterocycles. The van der Waals surface area contributed by atoms with E-state index in [-0.39, 0.29) is 0 Å². The van der Waals surface area contributed by atoms with Crippen LogP contribution in [0.2, 0.25) is 0 Å². The summed E-state index contributed by atoms with van der Waals surface area (Å²) < 4.78 is 17.0. The second kappa shape index (κ2) is 8.40. The van der Waals surface area contributed by atoms with Crippen LogP contribution in [0.4, 0.5) is 5.69 Å². The van der Waals surface area contributed by atoms with Gasteiger partial charge >= 0.3 is 0 Å². The van der Waals surface area contributed by atoms with Crippen molar-refractivity contribution in [2.24, 2.45) is 0 Å². The maximum absolute atomic E-state index is 6.26. The predicted molar refractivity (Wildman–Crippen MR) is 113 cm³/mol. The number of rotatable bonds is 6. The Balaban J connectivity index is 1.78. The zero-order valence-corrected chi connectivity index (χ0v) is 16.9. The van der Waals surface area contributed by atoms with E-state index < -0.39 is 6.23 Å². The molecule has 0 fully saturated rings. The van der Waals surface area contributed by atoms with Crippen molar-refractivity contribution in [3.63, 3.8) is 0 Å². The molecule has 1 N–H and O–H groups in total. The fourth-order valence-corrected chi connectivity index (χ4v) is 3.52. The molecular weight excluding hydrogens is 388 g/mol. The number of anilines is 1. The van der Waals surface area contributed by atoms with Crippen molar-refractivity contribution < 1.29 is 14.2 Å². The zero-order valence-electron chi connectivity index (χ0n) is 16.1. The van der Waals surface area contributed by atoms with Gasteiger partial charge in [-0.15, -0.1) is 16.8 Å². The number of hydrogen-bond acceptors (Lipinski definition) is 8. The molecule has 0 bridgehead atoms. The molecule has 0 spiro atoms. The number of thioether (sulfide) groups is 1. The summed E-state index contributed by atoms with van der Waals surface area (Å²) in [4.78, 5) is 4.59. The van der Waals surface area contributed by atoms with Gasteiger partial charge in [-0.2, -0.15) is 4.98 Å². The molecule has 1 aromatic heterocycles. The Hall–Kier alpha value is -3.26. The third-order valence-electron chi connectivity index (χ3n) is 4.37. The molecule has 0 aliphatic carbocycles. The molecule has 0 saturated heterocycles. The second-order valence-electron chi connectivity index (χ2n) is 6.15. The van der Waals surface area contributed by atoms with E-state index in [1.54, 1.807) is 20.3 Å². The van der Waals surface area contributed by atoms with Crippen LogP contribution in [0.5, 0.6) is 17.4 Å². The van der Waals surface area contributed by atoms with Crippen LogP contribution >= 0.6 is 11.8 Å². The quantitative estimate of drug-likeness (QED) is 0.477. The first-order valence-electron chi connectivity index (χ1n) is 8.96. The van der Waals surface area contributed by atoms with Crippen LogP contribution < -0.4 is 19.5 Å². The molecule has 0 amide bonds. The molecule has 0 radical (unpaired) electrons. The van der Waals surface area contributed by atoms with Crippen LogP contribution in [-0.2, 0) is 0 Å². The van der Waals surface area contributed by atoms with E-state index in [0.717, 1.165) is 16.8 Å². The Morgan fingerprint density at radius 1 is 1.14 bits per heavy atom. The number of nitrogens with zero attached hydrogens (tertiary/aromatic N) is 3. The average Bonchev–Trinajstić information content (AvgIpc) is 2.93. The summed E-state index contributed by atoms with van der Waals surface area (Å²) in [5.74, 6) is 2.38. The van der Waals surface area contributed by atoms with Gasteiger partial charge in [-0.1, -0.05) is 36.0 Å². The smallest absolute Gasteiger partial charge is 0.247 e. The van der Waals surface area contributed by atoms with Crippen molar-refractivity contribution >= 4 is 17.4 Å². The number of methoxy groups -OCH3 is 2. The van der Waals surface area contributed by atoms with E-state index in [1.807, 2.05) is 42.5 Å². The molecule has 2 heterocycles. The summed E-state index contributed by atoms with van der Waals surface area (Å²) in [5, 5.41) is 12.6. The van der Waals surface area contributed by atoms with Crippen LogP contribution in [0.15, 0.2) is 60.3 Å². The first-order chi connectivity index (χ1) is 14.2. The Morgan fingerprint density at radius 2 is 1.97 bits per heavy atom. The Kier molecular flexibility index (Phi) is 5.53. The number of para-hydroxylation sites is 1. The first kappa shape index (κ1) is 19.1. The maximum Gasteiger partial charge on any atom is 0.247 e. The van der Waals surface area contributed by atoms with Gasteiger partial charge in [0.15, 0.2) is 23.4 Å². The summed E-state index contributed by atoms with van der Waals surface area (Å²) in [5.41, 5.74) is 3.22. The van der Waals surface area contributed by atoms with E-state index in [0.29, 0.717) is 34.0 Å². The highest BCUT2D eigenvalue weighted by Gasteiger charge is 2.26. The normalized spacial score (nSPS) is 14.5. The summed E-state index contributed by atoms with van der Waals surface area (Å²) >= 11 is 1.45. The fraction of sp³-hybridized carbons (Fsp3) is 0.190. The number of aromatic nitrogens is 3. The molecule has 2 aromatic carbocycles. The van der Waals surface area contributed by atoms with Gasteiger partial charge in [-0.05, 0) is 24.3 Å². The summed E-state index contributed by atoms with van der Waals surface area (Å²) in [7, 11) is 3.21. The monoisotopic (exact) mass is 408 g/mol. The number of fused-ring (bicyclic) bond motifs is 3. The van der Waals surface area contributed by atoms with E-state index in [2.05, 4.69) is 27.1 Å². The van der Waals surface area contributed by atoms with Gasteiger partial charge in [-0.25, -0.2) is 0 Å². The molecule has 1 atom stereocenters. The van der Waals surface area contributed by atoms with Crippen molar-refractivity contribution in [1.29, 1.82) is 0 Å². The zero-order chi connectivity index (χ0) is 20.2. The number of benzene rings is 2. The Labute approximate surface area is 173 Å². The van der Waals surface area contributed by atoms with Crippen LogP contribution in [0, 0.1) is 0 Å². The van der Waals surface area contributed by atoms with Gasteiger partial charge in [0.2, 0.25) is 11.0 Å². The highest BCUT2D eigenvalue weighted by Crippen LogP contribution is 2.40. The molecule has 3 aromatic rings. The van der Waals surface area contributed by atoms with Crippen LogP contribution in [0.3, 0.4) is 0 Å². The van der Waals surface area contributed by atoms with Crippen LogP contribution in [0.25, 0.3) is 11.3 Å². The van der Waals surface area contributed by atoms with Crippen molar-refractivity contribution in [3.05, 3.63) is 60.7 Å². The molecule has 4 rings (SSSR count). The van der Waals surface area contributed by atoms with E-state index >= 15 is 0 Å².